The molecule has 2 aliphatic heterocycles. The van der Waals surface area contributed by atoms with Gasteiger partial charge in [0.15, 0.2) is 0 Å². The minimum atomic E-state index is -0.479. The highest BCUT2D eigenvalue weighted by Gasteiger charge is 2.25. The molecule has 0 aliphatic carbocycles. The maximum atomic E-state index is 12.5. The molecule has 2 N–H and O–H groups in total. The Balaban J connectivity index is 1.46. The number of hydrogen-bond donors (Lipinski definition) is 2. The lowest BCUT2D eigenvalue weighted by molar-refractivity contribution is -0.133. The van der Waals surface area contributed by atoms with Gasteiger partial charge < -0.3 is 25.0 Å². The van der Waals surface area contributed by atoms with E-state index in [0.717, 1.165) is 25.7 Å². The first-order chi connectivity index (χ1) is 14.6. The van der Waals surface area contributed by atoms with Crippen molar-refractivity contribution in [2.45, 2.75) is 50.7 Å². The van der Waals surface area contributed by atoms with E-state index in [-0.39, 0.29) is 23.8 Å². The molecule has 2 heterocycles. The molecule has 164 valence electrons. The molecular formula is C22H31N3O5. The minimum Gasteiger partial charge on any atom is -0.490 e. The van der Waals surface area contributed by atoms with Crippen molar-refractivity contribution in [2.75, 3.05) is 33.4 Å². The minimum absolute atomic E-state index is 0.0471. The smallest absolute Gasteiger partial charge is 0.251 e. The molecule has 0 aromatic heterocycles. The normalized spacial score (nSPS) is 20.2. The van der Waals surface area contributed by atoms with Crippen LogP contribution in [0.1, 0.15) is 48.9 Å². The summed E-state index contributed by atoms with van der Waals surface area (Å²) in [6, 6.07) is 6.49. The van der Waals surface area contributed by atoms with Gasteiger partial charge in [0.1, 0.15) is 17.9 Å². The monoisotopic (exact) mass is 417 g/mol. The number of carbonyl (C=O) groups is 3. The summed E-state index contributed by atoms with van der Waals surface area (Å²) in [5, 5.41) is 5.64. The highest BCUT2D eigenvalue weighted by Crippen LogP contribution is 2.20. The molecule has 30 heavy (non-hydrogen) atoms. The molecule has 2 saturated heterocycles. The Bertz CT molecular complexity index is 729. The van der Waals surface area contributed by atoms with Gasteiger partial charge in [0, 0.05) is 45.1 Å². The summed E-state index contributed by atoms with van der Waals surface area (Å²) < 4.78 is 11.0. The van der Waals surface area contributed by atoms with E-state index in [1.54, 1.807) is 31.4 Å². The van der Waals surface area contributed by atoms with E-state index in [1.165, 1.54) is 0 Å². The van der Waals surface area contributed by atoms with Crippen LogP contribution in [0.5, 0.6) is 5.75 Å². The summed E-state index contributed by atoms with van der Waals surface area (Å²) >= 11 is 0. The molecule has 3 amide bonds. The topological polar surface area (TPSA) is 97.0 Å². The molecule has 0 bridgehead atoms. The Morgan fingerprint density at radius 3 is 2.57 bits per heavy atom. The molecule has 3 rings (SSSR count). The van der Waals surface area contributed by atoms with E-state index < -0.39 is 6.04 Å². The summed E-state index contributed by atoms with van der Waals surface area (Å²) in [6.07, 6.45) is 4.51. The molecule has 1 atom stereocenters. The van der Waals surface area contributed by atoms with Crippen molar-refractivity contribution < 1.29 is 23.9 Å². The Hall–Kier alpha value is -2.61. The van der Waals surface area contributed by atoms with Gasteiger partial charge in [0.25, 0.3) is 5.91 Å². The second kappa shape index (κ2) is 11.0. The highest BCUT2D eigenvalue weighted by atomic mass is 16.5. The molecule has 0 saturated carbocycles. The van der Waals surface area contributed by atoms with E-state index in [4.69, 9.17) is 9.47 Å². The van der Waals surface area contributed by atoms with Gasteiger partial charge >= 0.3 is 0 Å². The average molecular weight is 418 g/mol. The van der Waals surface area contributed by atoms with Crippen LogP contribution in [0.4, 0.5) is 0 Å². The zero-order valence-electron chi connectivity index (χ0n) is 17.5. The third kappa shape index (κ3) is 6.19. The average Bonchev–Trinajstić information content (AvgIpc) is 2.97. The first kappa shape index (κ1) is 22.1. The zero-order chi connectivity index (χ0) is 21.3. The maximum Gasteiger partial charge on any atom is 0.251 e. The number of hydrogen-bond acceptors (Lipinski definition) is 5. The van der Waals surface area contributed by atoms with Crippen LogP contribution in [0.3, 0.4) is 0 Å². The summed E-state index contributed by atoms with van der Waals surface area (Å²) in [4.78, 5) is 38.4. The summed E-state index contributed by atoms with van der Waals surface area (Å²) in [7, 11) is 1.59. The number of piperidine rings is 1. The Morgan fingerprint density at radius 1 is 1.13 bits per heavy atom. The molecule has 2 fully saturated rings. The zero-order valence-corrected chi connectivity index (χ0v) is 17.5. The van der Waals surface area contributed by atoms with Crippen LogP contribution in [-0.2, 0) is 14.3 Å². The van der Waals surface area contributed by atoms with Gasteiger partial charge in [-0.15, -0.1) is 0 Å². The van der Waals surface area contributed by atoms with E-state index in [9.17, 15) is 14.4 Å². The van der Waals surface area contributed by atoms with Gasteiger partial charge in [-0.2, -0.15) is 0 Å². The number of ether oxygens (including phenoxy) is 2. The standard InChI is InChI=1S/C22H31N3O5/c1-29-15-11-20(26)25-13-9-18(10-14-25)30-17-7-5-16(6-8-17)21(27)24-19-4-2-3-12-23-22(19)28/h5-8,18-19H,2-4,9-15H2,1H3,(H,23,28)(H,24,27)/t19-/m0/s1. The number of nitrogens with zero attached hydrogens (tertiary/aromatic N) is 1. The van der Waals surface area contributed by atoms with Crippen molar-refractivity contribution >= 4 is 17.7 Å². The lowest BCUT2D eigenvalue weighted by Crippen LogP contribution is -2.45. The summed E-state index contributed by atoms with van der Waals surface area (Å²) in [6.45, 7) is 2.46. The highest BCUT2D eigenvalue weighted by molar-refractivity contribution is 5.97. The van der Waals surface area contributed by atoms with Crippen LogP contribution in [0, 0.1) is 0 Å². The van der Waals surface area contributed by atoms with Crippen LogP contribution in [0.25, 0.3) is 0 Å². The van der Waals surface area contributed by atoms with Crippen molar-refractivity contribution in [3.63, 3.8) is 0 Å². The van der Waals surface area contributed by atoms with Crippen molar-refractivity contribution in [3.05, 3.63) is 29.8 Å². The number of likely N-dealkylation sites (tertiary alicyclic amines) is 1. The fraction of sp³-hybridized carbons (Fsp3) is 0.591. The van der Waals surface area contributed by atoms with Gasteiger partial charge in [0.05, 0.1) is 13.0 Å². The third-order valence-electron chi connectivity index (χ3n) is 5.57. The van der Waals surface area contributed by atoms with Gasteiger partial charge in [-0.05, 0) is 43.5 Å². The molecule has 0 radical (unpaired) electrons. The van der Waals surface area contributed by atoms with Crippen molar-refractivity contribution in [1.29, 1.82) is 0 Å². The number of methoxy groups -OCH3 is 1. The number of amides is 3. The van der Waals surface area contributed by atoms with E-state index in [1.807, 2.05) is 4.90 Å². The third-order valence-corrected chi connectivity index (χ3v) is 5.57. The van der Waals surface area contributed by atoms with Crippen LogP contribution >= 0.6 is 0 Å². The molecule has 8 nitrogen and oxygen atoms in total. The predicted octanol–water partition coefficient (Wildman–Crippen LogP) is 1.49. The summed E-state index contributed by atoms with van der Waals surface area (Å²) in [5.74, 6) is 0.440. The quantitative estimate of drug-likeness (QED) is 0.701. The molecule has 1 aromatic carbocycles. The van der Waals surface area contributed by atoms with E-state index in [0.29, 0.717) is 50.4 Å². The van der Waals surface area contributed by atoms with E-state index >= 15 is 0 Å². The molecule has 1 aromatic rings. The molecule has 0 spiro atoms. The lowest BCUT2D eigenvalue weighted by atomic mass is 10.1. The lowest BCUT2D eigenvalue weighted by Gasteiger charge is -2.32. The van der Waals surface area contributed by atoms with Crippen molar-refractivity contribution in [3.8, 4) is 5.75 Å². The van der Waals surface area contributed by atoms with Crippen LogP contribution < -0.4 is 15.4 Å². The Labute approximate surface area is 177 Å². The Kier molecular flexibility index (Phi) is 8.07. The maximum absolute atomic E-state index is 12.5. The van der Waals surface area contributed by atoms with Crippen LogP contribution in [0.15, 0.2) is 24.3 Å². The van der Waals surface area contributed by atoms with Crippen LogP contribution in [-0.4, -0.2) is 68.1 Å². The SMILES string of the molecule is COCCC(=O)N1CCC(Oc2ccc(C(=O)N[C@H]3CCCCNC3=O)cc2)CC1. The van der Waals surface area contributed by atoms with Crippen LogP contribution in [0.2, 0.25) is 0 Å². The number of benzene rings is 1. The largest absolute Gasteiger partial charge is 0.490 e. The fourth-order valence-corrected chi connectivity index (χ4v) is 3.77. The molecule has 8 heteroatoms. The number of carbonyl (C=O) groups excluding carboxylic acids is 3. The first-order valence-corrected chi connectivity index (χ1v) is 10.7. The predicted molar refractivity (Wildman–Crippen MR) is 111 cm³/mol. The second-order valence-corrected chi connectivity index (χ2v) is 7.78. The Morgan fingerprint density at radius 2 is 1.87 bits per heavy atom. The molecule has 0 unspecified atom stereocenters. The number of rotatable bonds is 7. The first-order valence-electron chi connectivity index (χ1n) is 10.7. The van der Waals surface area contributed by atoms with Crippen molar-refractivity contribution in [2.24, 2.45) is 0 Å². The molecular weight excluding hydrogens is 386 g/mol. The second-order valence-electron chi connectivity index (χ2n) is 7.78. The van der Waals surface area contributed by atoms with Gasteiger partial charge in [0.2, 0.25) is 11.8 Å². The fourth-order valence-electron chi connectivity index (χ4n) is 3.77. The summed E-state index contributed by atoms with van der Waals surface area (Å²) in [5.41, 5.74) is 0.498. The number of nitrogens with one attached hydrogen (secondary N) is 2. The van der Waals surface area contributed by atoms with E-state index in [2.05, 4.69) is 10.6 Å². The van der Waals surface area contributed by atoms with Gasteiger partial charge in [-0.3, -0.25) is 14.4 Å². The van der Waals surface area contributed by atoms with Crippen molar-refractivity contribution in [1.82, 2.24) is 15.5 Å². The van der Waals surface area contributed by atoms with Gasteiger partial charge in [-0.25, -0.2) is 0 Å². The van der Waals surface area contributed by atoms with Gasteiger partial charge in [-0.1, -0.05) is 0 Å². The molecule has 2 aliphatic rings.